The Kier molecular flexibility index (Phi) is 36.6. The van der Waals surface area contributed by atoms with Crippen molar-refractivity contribution in [3.05, 3.63) is 0 Å². The molecule has 12 nitrogen and oxygen atoms in total. The molecule has 1 amide bonds. The normalized spacial score (nSPS) is 19.2. The Morgan fingerprint density at radius 1 is 0.492 bits per heavy atom. The lowest BCUT2D eigenvalue weighted by molar-refractivity contribution is -0.259. The van der Waals surface area contributed by atoms with Crippen LogP contribution in [0.15, 0.2) is 0 Å². The maximum atomic E-state index is 13.4. The minimum atomic E-state index is -5.19. The number of carbonyl (C=O) groups is 3. The molecule has 1 aliphatic rings. The SMILES string of the molecule is CCCCCCCCCCCCCC(=O)NC1C(OC(=O)CCCCCCCCCCCCC)[C@H](OC(=O)CCCCCCCCCCCCC)C(CO)O[C@H]1OP(=O)(O)O. The smallest absolute Gasteiger partial charge is 0.456 e. The Hall–Kier alpha value is -1.56. The molecule has 0 aromatic carbocycles. The molecule has 360 valence electrons. The highest BCUT2D eigenvalue weighted by molar-refractivity contribution is 7.46. The van der Waals surface area contributed by atoms with Crippen LogP contribution in [0.5, 0.6) is 0 Å². The summed E-state index contributed by atoms with van der Waals surface area (Å²) in [4.78, 5) is 59.7. The van der Waals surface area contributed by atoms with Gasteiger partial charge in [-0.05, 0) is 19.3 Å². The van der Waals surface area contributed by atoms with Crippen molar-refractivity contribution in [2.45, 2.75) is 283 Å². The number of unbranched alkanes of at least 4 members (excludes halogenated alkanes) is 30. The number of hydrogen-bond acceptors (Lipinski definition) is 9. The molecule has 1 heterocycles. The van der Waals surface area contributed by atoms with Crippen LogP contribution in [-0.2, 0) is 37.7 Å². The molecule has 0 aliphatic carbocycles. The third kappa shape index (κ3) is 31.9. The summed E-state index contributed by atoms with van der Waals surface area (Å²) in [5.41, 5.74) is 0. The number of esters is 2. The van der Waals surface area contributed by atoms with Gasteiger partial charge in [0.05, 0.1) is 6.61 Å². The molecule has 1 aliphatic heterocycles. The minimum absolute atomic E-state index is 0.0704. The lowest BCUT2D eigenvalue weighted by Gasteiger charge is -2.44. The molecule has 4 N–H and O–H groups in total. The molecule has 5 atom stereocenters. The molecular weight excluding hydrogens is 797 g/mol. The van der Waals surface area contributed by atoms with Crippen LogP contribution in [0.1, 0.15) is 252 Å². The standard InChI is InChI=1S/C48H92NO11P/c1-4-7-10-13-16-19-22-25-28-31-34-37-42(51)49-45-47(59-44(53)39-36-33-30-27-24-21-18-15-12-9-6-3)46(41(40-50)57-48(45)60-61(54,55)56)58-43(52)38-35-32-29-26-23-20-17-14-11-8-5-2/h41,45-48,50H,4-40H2,1-3H3,(H,49,51)(H2,54,55,56)/t41?,45?,46-,47?,48+/m1/s1. The number of hydrogen-bond donors (Lipinski definition) is 4. The van der Waals surface area contributed by atoms with E-state index in [0.717, 1.165) is 70.6 Å². The minimum Gasteiger partial charge on any atom is -0.456 e. The Bertz CT molecular complexity index is 1120. The van der Waals surface area contributed by atoms with E-state index in [9.17, 15) is 33.8 Å². The maximum Gasteiger partial charge on any atom is 0.472 e. The summed E-state index contributed by atoms with van der Waals surface area (Å²) in [6.45, 7) is 5.93. The van der Waals surface area contributed by atoms with E-state index < -0.39 is 62.9 Å². The first-order valence-corrected chi connectivity index (χ1v) is 26.8. The van der Waals surface area contributed by atoms with Crippen molar-refractivity contribution in [1.82, 2.24) is 5.32 Å². The zero-order valence-corrected chi connectivity index (χ0v) is 40.0. The van der Waals surface area contributed by atoms with Crippen LogP contribution in [0.4, 0.5) is 0 Å². The molecule has 0 spiro atoms. The molecule has 0 radical (unpaired) electrons. The number of nitrogens with one attached hydrogen (secondary N) is 1. The van der Waals surface area contributed by atoms with Gasteiger partial charge in [0.25, 0.3) is 0 Å². The highest BCUT2D eigenvalue weighted by Crippen LogP contribution is 2.41. The Morgan fingerprint density at radius 2 is 0.803 bits per heavy atom. The first-order chi connectivity index (χ1) is 29.6. The molecule has 61 heavy (non-hydrogen) atoms. The van der Waals surface area contributed by atoms with Gasteiger partial charge in [0.2, 0.25) is 5.91 Å². The molecule has 1 fully saturated rings. The van der Waals surface area contributed by atoms with Crippen molar-refractivity contribution in [2.75, 3.05) is 6.61 Å². The van der Waals surface area contributed by atoms with Gasteiger partial charge in [0.1, 0.15) is 12.1 Å². The first-order valence-electron chi connectivity index (χ1n) is 25.2. The summed E-state index contributed by atoms with van der Waals surface area (Å²) in [7, 11) is -5.19. The molecular formula is C48H92NO11P. The summed E-state index contributed by atoms with van der Waals surface area (Å²) in [5, 5.41) is 13.1. The second-order valence-corrected chi connectivity index (χ2v) is 18.9. The predicted molar refractivity (Wildman–Crippen MR) is 244 cm³/mol. The molecule has 0 saturated carbocycles. The maximum absolute atomic E-state index is 13.4. The van der Waals surface area contributed by atoms with E-state index in [1.165, 1.54) is 122 Å². The number of phosphoric ester groups is 1. The fourth-order valence-corrected chi connectivity index (χ4v) is 8.66. The molecule has 3 unspecified atom stereocenters. The Morgan fingerprint density at radius 3 is 1.13 bits per heavy atom. The second kappa shape index (κ2) is 38.9. The highest BCUT2D eigenvalue weighted by Gasteiger charge is 2.52. The summed E-state index contributed by atoms with van der Waals surface area (Å²) < 4.78 is 34.8. The summed E-state index contributed by atoms with van der Waals surface area (Å²) in [6, 6.07) is -1.42. The average molecular weight is 890 g/mol. The van der Waals surface area contributed by atoms with Crippen LogP contribution in [-0.4, -0.2) is 70.0 Å². The van der Waals surface area contributed by atoms with Crippen molar-refractivity contribution >= 4 is 25.7 Å². The predicted octanol–water partition coefficient (Wildman–Crippen LogP) is 12.2. The Labute approximate surface area is 371 Å². The van der Waals surface area contributed by atoms with E-state index in [4.69, 9.17) is 18.7 Å². The molecule has 0 bridgehead atoms. The zero-order valence-electron chi connectivity index (χ0n) is 39.1. The van der Waals surface area contributed by atoms with Crippen molar-refractivity contribution in [1.29, 1.82) is 0 Å². The van der Waals surface area contributed by atoms with Gasteiger partial charge in [-0.25, -0.2) is 4.57 Å². The highest BCUT2D eigenvalue weighted by atomic mass is 31.2. The van der Waals surface area contributed by atoms with Crippen molar-refractivity contribution in [3.8, 4) is 0 Å². The molecule has 1 rings (SSSR count). The summed E-state index contributed by atoms with van der Waals surface area (Å²) >= 11 is 0. The largest absolute Gasteiger partial charge is 0.472 e. The quantitative estimate of drug-likeness (QED) is 0.0260. The van der Waals surface area contributed by atoms with Crippen molar-refractivity contribution in [2.24, 2.45) is 0 Å². The number of aliphatic hydroxyl groups excluding tert-OH is 1. The third-order valence-electron chi connectivity index (χ3n) is 11.9. The van der Waals surface area contributed by atoms with Crippen LogP contribution in [0, 0.1) is 0 Å². The molecule has 0 aromatic heterocycles. The van der Waals surface area contributed by atoms with Gasteiger partial charge >= 0.3 is 19.8 Å². The topological polar surface area (TPSA) is 178 Å². The Balaban J connectivity index is 2.91. The van der Waals surface area contributed by atoms with E-state index in [-0.39, 0.29) is 19.3 Å². The van der Waals surface area contributed by atoms with E-state index >= 15 is 0 Å². The van der Waals surface area contributed by atoms with Crippen molar-refractivity contribution in [3.63, 3.8) is 0 Å². The molecule has 1 saturated heterocycles. The van der Waals surface area contributed by atoms with Crippen LogP contribution in [0.3, 0.4) is 0 Å². The number of phosphoric acid groups is 1. The van der Waals surface area contributed by atoms with Gasteiger partial charge < -0.3 is 34.4 Å². The van der Waals surface area contributed by atoms with Gasteiger partial charge in [-0.1, -0.05) is 213 Å². The van der Waals surface area contributed by atoms with Crippen LogP contribution < -0.4 is 5.32 Å². The van der Waals surface area contributed by atoms with Gasteiger partial charge in [-0.2, -0.15) is 0 Å². The van der Waals surface area contributed by atoms with Crippen LogP contribution in [0.2, 0.25) is 0 Å². The number of rotatable bonds is 42. The third-order valence-corrected chi connectivity index (χ3v) is 12.4. The van der Waals surface area contributed by atoms with E-state index in [1.807, 2.05) is 0 Å². The summed E-state index contributed by atoms with van der Waals surface area (Å²) in [5.74, 6) is -1.62. The second-order valence-electron chi connectivity index (χ2n) is 17.7. The van der Waals surface area contributed by atoms with Gasteiger partial charge in [-0.15, -0.1) is 0 Å². The van der Waals surface area contributed by atoms with E-state index in [0.29, 0.717) is 19.3 Å². The summed E-state index contributed by atoms with van der Waals surface area (Å²) in [6.07, 6.45) is 31.2. The van der Waals surface area contributed by atoms with Crippen molar-refractivity contribution < 1.29 is 52.6 Å². The lowest BCUT2D eigenvalue weighted by atomic mass is 9.95. The van der Waals surface area contributed by atoms with Gasteiger partial charge in [-0.3, -0.25) is 18.9 Å². The number of amides is 1. The first kappa shape index (κ1) is 57.5. The number of carbonyl (C=O) groups excluding carboxylic acids is 3. The average Bonchev–Trinajstić information content (AvgIpc) is 3.22. The molecule has 0 aromatic rings. The lowest BCUT2D eigenvalue weighted by Crippen LogP contribution is -2.66. The zero-order chi connectivity index (χ0) is 44.8. The van der Waals surface area contributed by atoms with Crippen LogP contribution >= 0.6 is 7.82 Å². The number of aliphatic hydroxyl groups is 1. The van der Waals surface area contributed by atoms with Gasteiger partial charge in [0.15, 0.2) is 18.5 Å². The number of ether oxygens (including phenoxy) is 3. The van der Waals surface area contributed by atoms with E-state index in [1.54, 1.807) is 0 Å². The monoisotopic (exact) mass is 890 g/mol. The van der Waals surface area contributed by atoms with E-state index in [2.05, 4.69) is 26.1 Å². The van der Waals surface area contributed by atoms with Crippen LogP contribution in [0.25, 0.3) is 0 Å². The fourth-order valence-electron chi connectivity index (χ4n) is 8.21. The van der Waals surface area contributed by atoms with Gasteiger partial charge in [0, 0.05) is 19.3 Å². The fraction of sp³-hybridized carbons (Fsp3) is 0.938. The molecule has 13 heteroatoms.